The molecule has 1 aromatic rings. The molecule has 0 aliphatic heterocycles. The zero-order valence-corrected chi connectivity index (χ0v) is 11.1. The fourth-order valence-corrected chi connectivity index (χ4v) is 0.502. The van der Waals surface area contributed by atoms with Crippen LogP contribution in [0.25, 0.3) is 0 Å². The highest BCUT2D eigenvalue weighted by Gasteiger charge is 2.11. The van der Waals surface area contributed by atoms with Gasteiger partial charge in [0.25, 0.3) is 0 Å². The molecule has 0 bridgehead atoms. The van der Waals surface area contributed by atoms with Crippen LogP contribution in [0.5, 0.6) is 0 Å². The van der Waals surface area contributed by atoms with E-state index < -0.39 is 23.3 Å². The predicted octanol–water partition coefficient (Wildman–Crippen LogP) is -0.193. The molecule has 1 rings (SSSR count). The average molecular weight is 228 g/mol. The molecule has 0 N–H and O–H groups in total. The summed E-state index contributed by atoms with van der Waals surface area (Å²) in [4.78, 5) is 0. The quantitative estimate of drug-likeness (QED) is 0.259. The molecule has 0 spiro atoms. The Labute approximate surface area is 78.8 Å². The maximum Gasteiger partial charge on any atom is 0.197 e. The summed E-state index contributed by atoms with van der Waals surface area (Å²) in [7, 11) is 1.86. The van der Waals surface area contributed by atoms with Crippen molar-refractivity contribution in [3.8, 4) is 0 Å². The first kappa shape index (κ1) is 12.3. The second-order valence-electron chi connectivity index (χ2n) is 2.07. The van der Waals surface area contributed by atoms with Crippen molar-refractivity contribution in [3.63, 3.8) is 0 Å². The molecule has 0 aliphatic rings. The standard InChI is InChI=1S/C6H2F4.H6OSi2/c7-3-1-2-4(8)6(10)5(3)9;2-1-3/h1-2H;2-3H3. The maximum atomic E-state index is 12.0. The molecule has 0 atom stereocenters. The van der Waals surface area contributed by atoms with Crippen LogP contribution in [0, 0.1) is 23.3 Å². The van der Waals surface area contributed by atoms with E-state index in [4.69, 9.17) is 0 Å². The molecule has 0 saturated heterocycles. The van der Waals surface area contributed by atoms with Crippen LogP contribution in [0.1, 0.15) is 0 Å². The Kier molecular flexibility index (Phi) is 5.59. The van der Waals surface area contributed by atoms with E-state index in [1.165, 1.54) is 0 Å². The van der Waals surface area contributed by atoms with Gasteiger partial charge in [-0.25, -0.2) is 17.6 Å². The summed E-state index contributed by atoms with van der Waals surface area (Å²) >= 11 is 0. The SMILES string of the molecule is Fc1ccc(F)c(F)c1F.[SiH3]O[SiH3]. The summed E-state index contributed by atoms with van der Waals surface area (Å²) in [6.45, 7) is 0. The van der Waals surface area contributed by atoms with Gasteiger partial charge in [0, 0.05) is 0 Å². The highest BCUT2D eigenvalue weighted by molar-refractivity contribution is 6.15. The van der Waals surface area contributed by atoms with E-state index in [2.05, 4.69) is 4.12 Å². The second-order valence-corrected chi connectivity index (χ2v) is 5.33. The third-order valence-corrected chi connectivity index (χ3v) is 0.988. The number of halogens is 4. The first-order valence-corrected chi connectivity index (χ1v) is 4.87. The summed E-state index contributed by atoms with van der Waals surface area (Å²) in [5, 5.41) is 0. The summed E-state index contributed by atoms with van der Waals surface area (Å²) in [6.07, 6.45) is 0. The zero-order valence-electron chi connectivity index (χ0n) is 7.07. The van der Waals surface area contributed by atoms with Crippen LogP contribution >= 0.6 is 0 Å². The summed E-state index contributed by atoms with van der Waals surface area (Å²) in [5.41, 5.74) is 0. The molecule has 13 heavy (non-hydrogen) atoms. The molecule has 0 unspecified atom stereocenters. The lowest BCUT2D eigenvalue weighted by Crippen LogP contribution is -1.93. The van der Waals surface area contributed by atoms with Crippen molar-refractivity contribution >= 4 is 21.0 Å². The lowest BCUT2D eigenvalue weighted by Gasteiger charge is -1.93. The lowest BCUT2D eigenvalue weighted by atomic mass is 10.3. The molecule has 0 radical (unpaired) electrons. The van der Waals surface area contributed by atoms with Crippen molar-refractivity contribution in [1.82, 2.24) is 0 Å². The van der Waals surface area contributed by atoms with Crippen molar-refractivity contribution in [1.29, 1.82) is 0 Å². The first-order valence-electron chi connectivity index (χ1n) is 3.23. The van der Waals surface area contributed by atoms with Gasteiger partial charge in [-0.2, -0.15) is 0 Å². The van der Waals surface area contributed by atoms with Crippen molar-refractivity contribution in [3.05, 3.63) is 35.4 Å². The molecule has 74 valence electrons. The van der Waals surface area contributed by atoms with Crippen LogP contribution < -0.4 is 0 Å². The number of hydrogen-bond acceptors (Lipinski definition) is 1. The Morgan fingerprint density at radius 1 is 0.846 bits per heavy atom. The molecule has 7 heteroatoms. The molecular formula is C6H8F4OSi2. The number of hydrogen-bond donors (Lipinski definition) is 0. The normalized spacial score (nSPS) is 9.54. The van der Waals surface area contributed by atoms with Crippen LogP contribution in [0.15, 0.2) is 12.1 Å². The van der Waals surface area contributed by atoms with E-state index in [1.54, 1.807) is 0 Å². The monoisotopic (exact) mass is 228 g/mol. The molecular weight excluding hydrogens is 220 g/mol. The molecule has 0 aliphatic carbocycles. The molecule has 0 amide bonds. The van der Waals surface area contributed by atoms with Gasteiger partial charge in [-0.1, -0.05) is 0 Å². The Balaban J connectivity index is 0.000000424. The number of rotatable bonds is 0. The Bertz CT molecular complexity index is 255. The average Bonchev–Trinajstić information content (AvgIpc) is 2.10. The Morgan fingerprint density at radius 3 is 1.31 bits per heavy atom. The van der Waals surface area contributed by atoms with E-state index in [0.717, 1.165) is 21.0 Å². The molecule has 0 heterocycles. The van der Waals surface area contributed by atoms with Crippen molar-refractivity contribution in [2.45, 2.75) is 0 Å². The molecule has 1 nitrogen and oxygen atoms in total. The van der Waals surface area contributed by atoms with E-state index in [0.29, 0.717) is 12.1 Å². The van der Waals surface area contributed by atoms with Gasteiger partial charge < -0.3 is 4.12 Å². The topological polar surface area (TPSA) is 9.23 Å². The molecule has 0 fully saturated rings. The fraction of sp³-hybridized carbons (Fsp3) is 0. The van der Waals surface area contributed by atoms with Crippen molar-refractivity contribution in [2.75, 3.05) is 0 Å². The predicted molar refractivity (Wildman–Crippen MR) is 47.2 cm³/mol. The van der Waals surface area contributed by atoms with E-state index in [-0.39, 0.29) is 0 Å². The van der Waals surface area contributed by atoms with Crippen LogP contribution in [0.4, 0.5) is 17.6 Å². The molecule has 0 saturated carbocycles. The maximum absolute atomic E-state index is 12.0. The van der Waals surface area contributed by atoms with Crippen LogP contribution in [0.2, 0.25) is 0 Å². The van der Waals surface area contributed by atoms with Gasteiger partial charge in [-0.15, -0.1) is 0 Å². The van der Waals surface area contributed by atoms with Gasteiger partial charge in [0.05, 0.1) is 0 Å². The summed E-state index contributed by atoms with van der Waals surface area (Å²) < 4.78 is 52.5. The van der Waals surface area contributed by atoms with Gasteiger partial charge in [0.1, 0.15) is 21.0 Å². The number of benzene rings is 1. The van der Waals surface area contributed by atoms with E-state index in [1.807, 2.05) is 0 Å². The van der Waals surface area contributed by atoms with E-state index in [9.17, 15) is 17.6 Å². The molecule has 1 aromatic carbocycles. The third kappa shape index (κ3) is 3.70. The Hall–Kier alpha value is -0.666. The molecule has 0 aromatic heterocycles. The minimum Gasteiger partial charge on any atom is -0.471 e. The first-order chi connectivity index (χ1) is 6.04. The van der Waals surface area contributed by atoms with Gasteiger partial charge in [0.2, 0.25) is 0 Å². The third-order valence-electron chi connectivity index (χ3n) is 0.988. The fourth-order valence-electron chi connectivity index (χ4n) is 0.502. The minimum atomic E-state index is -1.78. The Morgan fingerprint density at radius 2 is 1.08 bits per heavy atom. The smallest absolute Gasteiger partial charge is 0.197 e. The second kappa shape index (κ2) is 5.89. The minimum absolute atomic E-state index is 0.522. The largest absolute Gasteiger partial charge is 0.471 e. The van der Waals surface area contributed by atoms with Crippen molar-refractivity contribution < 1.29 is 21.7 Å². The lowest BCUT2D eigenvalue weighted by molar-refractivity contribution is 0.409. The van der Waals surface area contributed by atoms with Crippen LogP contribution in [-0.2, 0) is 4.12 Å². The van der Waals surface area contributed by atoms with Crippen LogP contribution in [-0.4, -0.2) is 21.0 Å². The zero-order chi connectivity index (χ0) is 10.4. The van der Waals surface area contributed by atoms with E-state index >= 15 is 0 Å². The van der Waals surface area contributed by atoms with Gasteiger partial charge in [-0.05, 0) is 12.1 Å². The highest BCUT2D eigenvalue weighted by Crippen LogP contribution is 2.12. The highest BCUT2D eigenvalue weighted by atomic mass is 28.3. The van der Waals surface area contributed by atoms with Gasteiger partial charge in [0.15, 0.2) is 23.3 Å². The summed E-state index contributed by atoms with van der Waals surface area (Å²) in [6, 6.07) is 1.04. The van der Waals surface area contributed by atoms with Crippen LogP contribution in [0.3, 0.4) is 0 Å². The van der Waals surface area contributed by atoms with Gasteiger partial charge in [-0.3, -0.25) is 0 Å². The van der Waals surface area contributed by atoms with Crippen molar-refractivity contribution in [2.24, 2.45) is 0 Å². The van der Waals surface area contributed by atoms with Gasteiger partial charge >= 0.3 is 0 Å². The summed E-state index contributed by atoms with van der Waals surface area (Å²) in [5.74, 6) is -6.34.